The molecule has 128 valence electrons. The summed E-state index contributed by atoms with van der Waals surface area (Å²) in [4.78, 5) is 0. The van der Waals surface area contributed by atoms with Gasteiger partial charge in [-0.05, 0) is 49.8 Å². The minimum absolute atomic E-state index is 0.426. The fourth-order valence-electron chi connectivity index (χ4n) is 3.70. The summed E-state index contributed by atoms with van der Waals surface area (Å²) in [5.41, 5.74) is 8.28. The van der Waals surface area contributed by atoms with Gasteiger partial charge >= 0.3 is 0 Å². The van der Waals surface area contributed by atoms with Crippen LogP contribution >= 0.6 is 0 Å². The Hall–Kier alpha value is -2.34. The molecule has 0 spiro atoms. The molecule has 0 aliphatic rings. The first-order valence-corrected chi connectivity index (χ1v) is 9.22. The number of hydrogen-bond acceptors (Lipinski definition) is 0. The second-order valence-corrected chi connectivity index (χ2v) is 7.43. The standard InChI is InChI=1S/C25H28/c1-18-8-5-11-22(14-18)21(4)17-25(23-12-6-9-19(2)15-23)24-13-7-10-20(3)16-24/h5-16,21,25H,17H2,1-4H3. The van der Waals surface area contributed by atoms with E-state index in [1.807, 2.05) is 0 Å². The monoisotopic (exact) mass is 328 g/mol. The Balaban J connectivity index is 1.96. The molecule has 0 fully saturated rings. The van der Waals surface area contributed by atoms with Crippen molar-refractivity contribution in [1.29, 1.82) is 0 Å². The van der Waals surface area contributed by atoms with Crippen molar-refractivity contribution in [2.75, 3.05) is 0 Å². The molecule has 3 aromatic carbocycles. The normalized spacial score (nSPS) is 12.4. The van der Waals surface area contributed by atoms with Gasteiger partial charge in [-0.25, -0.2) is 0 Å². The molecule has 0 heterocycles. The molecule has 0 aliphatic heterocycles. The molecule has 25 heavy (non-hydrogen) atoms. The molecule has 0 bridgehead atoms. The lowest BCUT2D eigenvalue weighted by Gasteiger charge is -2.23. The van der Waals surface area contributed by atoms with Gasteiger partial charge in [0, 0.05) is 5.92 Å². The Kier molecular flexibility index (Phi) is 5.38. The molecular formula is C25H28. The Labute approximate surface area is 152 Å². The van der Waals surface area contributed by atoms with Crippen molar-refractivity contribution in [2.45, 2.75) is 46.0 Å². The average molecular weight is 328 g/mol. The summed E-state index contributed by atoms with van der Waals surface area (Å²) in [7, 11) is 0. The van der Waals surface area contributed by atoms with Gasteiger partial charge in [0.05, 0.1) is 0 Å². The van der Waals surface area contributed by atoms with E-state index in [-0.39, 0.29) is 0 Å². The van der Waals surface area contributed by atoms with Gasteiger partial charge in [0.1, 0.15) is 0 Å². The third-order valence-electron chi connectivity index (χ3n) is 5.09. The highest BCUT2D eigenvalue weighted by molar-refractivity contribution is 5.37. The van der Waals surface area contributed by atoms with E-state index in [1.165, 1.54) is 33.4 Å². The number of benzene rings is 3. The van der Waals surface area contributed by atoms with Gasteiger partial charge in [-0.1, -0.05) is 96.4 Å². The Morgan fingerprint density at radius 2 is 1.00 bits per heavy atom. The lowest BCUT2D eigenvalue weighted by atomic mass is 9.81. The van der Waals surface area contributed by atoms with Crippen LogP contribution in [-0.4, -0.2) is 0 Å². The molecule has 0 amide bonds. The van der Waals surface area contributed by atoms with Crippen molar-refractivity contribution in [3.05, 3.63) is 106 Å². The molecule has 1 unspecified atom stereocenters. The van der Waals surface area contributed by atoms with E-state index >= 15 is 0 Å². The summed E-state index contributed by atoms with van der Waals surface area (Å²) in [5, 5.41) is 0. The molecule has 0 N–H and O–H groups in total. The van der Waals surface area contributed by atoms with Gasteiger partial charge in [-0.2, -0.15) is 0 Å². The van der Waals surface area contributed by atoms with Crippen LogP contribution in [-0.2, 0) is 0 Å². The van der Waals surface area contributed by atoms with E-state index < -0.39 is 0 Å². The minimum atomic E-state index is 0.426. The van der Waals surface area contributed by atoms with Gasteiger partial charge in [-0.15, -0.1) is 0 Å². The van der Waals surface area contributed by atoms with Crippen LogP contribution in [0.1, 0.15) is 58.6 Å². The largest absolute Gasteiger partial charge is 0.0617 e. The molecule has 1 atom stereocenters. The molecule has 3 rings (SSSR count). The second-order valence-electron chi connectivity index (χ2n) is 7.43. The highest BCUT2D eigenvalue weighted by Crippen LogP contribution is 2.35. The van der Waals surface area contributed by atoms with Crippen molar-refractivity contribution in [2.24, 2.45) is 0 Å². The van der Waals surface area contributed by atoms with Crippen LogP contribution in [0.15, 0.2) is 72.8 Å². The van der Waals surface area contributed by atoms with Crippen molar-refractivity contribution < 1.29 is 0 Å². The first-order chi connectivity index (χ1) is 12.0. The first kappa shape index (κ1) is 17.5. The molecule has 0 heteroatoms. The third-order valence-corrected chi connectivity index (χ3v) is 5.09. The maximum Gasteiger partial charge on any atom is 0.00952 e. The summed E-state index contributed by atoms with van der Waals surface area (Å²) in [6.45, 7) is 8.89. The summed E-state index contributed by atoms with van der Waals surface area (Å²) in [6, 6.07) is 26.9. The molecule has 0 nitrogen and oxygen atoms in total. The minimum Gasteiger partial charge on any atom is -0.0617 e. The lowest BCUT2D eigenvalue weighted by molar-refractivity contribution is 0.616. The Morgan fingerprint density at radius 3 is 1.44 bits per heavy atom. The maximum absolute atomic E-state index is 2.35. The molecule has 0 saturated carbocycles. The van der Waals surface area contributed by atoms with Crippen molar-refractivity contribution in [3.63, 3.8) is 0 Å². The summed E-state index contributed by atoms with van der Waals surface area (Å²) in [5.74, 6) is 0.946. The fourth-order valence-corrected chi connectivity index (χ4v) is 3.70. The van der Waals surface area contributed by atoms with Crippen LogP contribution < -0.4 is 0 Å². The number of rotatable bonds is 5. The lowest BCUT2D eigenvalue weighted by Crippen LogP contribution is -2.07. The van der Waals surface area contributed by atoms with Gasteiger partial charge in [-0.3, -0.25) is 0 Å². The van der Waals surface area contributed by atoms with Crippen molar-refractivity contribution in [3.8, 4) is 0 Å². The molecule has 0 radical (unpaired) electrons. The van der Waals surface area contributed by atoms with E-state index in [2.05, 4.69) is 100 Å². The van der Waals surface area contributed by atoms with Crippen LogP contribution in [0, 0.1) is 20.8 Å². The fraction of sp³-hybridized carbons (Fsp3) is 0.280. The first-order valence-electron chi connectivity index (χ1n) is 9.22. The smallest absolute Gasteiger partial charge is 0.00952 e. The SMILES string of the molecule is Cc1cccc(C(C)CC(c2cccc(C)c2)c2cccc(C)c2)c1. The molecule has 3 aromatic rings. The van der Waals surface area contributed by atoms with Crippen LogP contribution in [0.25, 0.3) is 0 Å². The van der Waals surface area contributed by atoms with E-state index in [1.54, 1.807) is 0 Å². The van der Waals surface area contributed by atoms with Gasteiger partial charge < -0.3 is 0 Å². The predicted molar refractivity (Wildman–Crippen MR) is 108 cm³/mol. The molecule has 0 aromatic heterocycles. The summed E-state index contributed by atoms with van der Waals surface area (Å²) < 4.78 is 0. The van der Waals surface area contributed by atoms with E-state index in [9.17, 15) is 0 Å². The topological polar surface area (TPSA) is 0 Å². The van der Waals surface area contributed by atoms with Crippen LogP contribution in [0.2, 0.25) is 0 Å². The summed E-state index contributed by atoms with van der Waals surface area (Å²) in [6.07, 6.45) is 1.12. The third kappa shape index (κ3) is 4.39. The zero-order valence-corrected chi connectivity index (χ0v) is 15.8. The maximum atomic E-state index is 2.35. The predicted octanol–water partition coefficient (Wildman–Crippen LogP) is 6.94. The van der Waals surface area contributed by atoms with Gasteiger partial charge in [0.2, 0.25) is 0 Å². The van der Waals surface area contributed by atoms with E-state index in [0.29, 0.717) is 11.8 Å². The zero-order chi connectivity index (χ0) is 17.8. The second kappa shape index (κ2) is 7.70. The Morgan fingerprint density at radius 1 is 0.600 bits per heavy atom. The average Bonchev–Trinajstić information content (AvgIpc) is 2.59. The quantitative estimate of drug-likeness (QED) is 0.476. The van der Waals surface area contributed by atoms with Crippen molar-refractivity contribution >= 4 is 0 Å². The highest BCUT2D eigenvalue weighted by atomic mass is 14.2. The van der Waals surface area contributed by atoms with Gasteiger partial charge in [0.15, 0.2) is 0 Å². The van der Waals surface area contributed by atoms with E-state index in [4.69, 9.17) is 0 Å². The van der Waals surface area contributed by atoms with Crippen molar-refractivity contribution in [1.82, 2.24) is 0 Å². The zero-order valence-electron chi connectivity index (χ0n) is 15.8. The van der Waals surface area contributed by atoms with E-state index in [0.717, 1.165) is 6.42 Å². The highest BCUT2D eigenvalue weighted by Gasteiger charge is 2.19. The number of aryl methyl sites for hydroxylation is 3. The number of hydrogen-bond donors (Lipinski definition) is 0. The summed E-state index contributed by atoms with van der Waals surface area (Å²) >= 11 is 0. The van der Waals surface area contributed by atoms with Gasteiger partial charge in [0.25, 0.3) is 0 Å². The van der Waals surface area contributed by atoms with Crippen LogP contribution in [0.4, 0.5) is 0 Å². The molecular weight excluding hydrogens is 300 g/mol. The Bertz CT molecular complexity index is 798. The molecule has 0 aliphatic carbocycles. The molecule has 0 saturated heterocycles. The van der Waals surface area contributed by atoms with Crippen LogP contribution in [0.5, 0.6) is 0 Å². The van der Waals surface area contributed by atoms with Crippen LogP contribution in [0.3, 0.4) is 0 Å².